The van der Waals surface area contributed by atoms with Gasteiger partial charge in [0.05, 0.1) is 66.2 Å². The molecule has 12 aromatic heterocycles. The molecule has 0 saturated heterocycles. The fourth-order valence-electron chi connectivity index (χ4n) is 6.45. The minimum absolute atomic E-state index is 1.03. The first-order valence-electron chi connectivity index (χ1n) is 19.6. The summed E-state index contributed by atoms with van der Waals surface area (Å²) in [4.78, 5) is 40.9. The number of aryl methyl sites for hydroxylation is 6. The van der Waals surface area contributed by atoms with E-state index < -0.39 is 0 Å². The number of rotatable bonds is 0. The third-order valence-corrected chi connectivity index (χ3v) is 9.54. The molecule has 0 aliphatic carbocycles. The van der Waals surface area contributed by atoms with Crippen molar-refractivity contribution in [1.29, 1.82) is 0 Å². The van der Waals surface area contributed by atoms with E-state index in [1.165, 1.54) is 22.2 Å². The Morgan fingerprint density at radius 1 is 0.500 bits per heavy atom. The smallest absolute Gasteiger partial charge is 0.0907 e. The van der Waals surface area contributed by atoms with E-state index in [-0.39, 0.29) is 0 Å². The van der Waals surface area contributed by atoms with Crippen molar-refractivity contribution in [2.45, 2.75) is 34.6 Å². The van der Waals surface area contributed by atoms with Crippen LogP contribution in [0.4, 0.5) is 0 Å². The molecule has 0 bridgehead atoms. The number of aromatic amines is 5. The Morgan fingerprint density at radius 3 is 1.98 bits per heavy atom. The van der Waals surface area contributed by atoms with E-state index in [1.807, 2.05) is 169 Å². The Bertz CT molecular complexity index is 3010. The number of aromatic nitrogens is 12. The first-order valence-corrected chi connectivity index (χ1v) is 19.6. The zero-order valence-electron chi connectivity index (χ0n) is 34.6. The number of fused-ring (bicyclic) bond motifs is 6. The van der Waals surface area contributed by atoms with Crippen LogP contribution in [0.25, 0.3) is 66.2 Å². The highest BCUT2D eigenvalue weighted by Gasteiger charge is 1.98. The van der Waals surface area contributed by atoms with Crippen molar-refractivity contribution in [3.8, 4) is 0 Å². The molecular weight excluding hydrogens is 745 g/mol. The molecule has 300 valence electrons. The molecule has 5 N–H and O–H groups in total. The molecule has 0 fully saturated rings. The highest BCUT2D eigenvalue weighted by atomic mass is 14.9. The van der Waals surface area contributed by atoms with E-state index in [2.05, 4.69) is 78.4 Å². The lowest BCUT2D eigenvalue weighted by atomic mass is 10.2. The van der Waals surface area contributed by atoms with Gasteiger partial charge in [-0.2, -0.15) is 0 Å². The molecule has 0 spiro atoms. The fourth-order valence-corrected chi connectivity index (χ4v) is 6.45. The standard InChI is InChI=1S/6C8H8N2/c1-6-2-4-9-7-3-5-10-8(6)7;1-6-4-8-7(10-5-6)2-3-9-8;1-6-2-3-7-8(10-6)4-5-9-7;1-10-6-4-7-8(10)3-2-5-9-7;1-6-5-10-7-3-2-4-9-8(6)7;1-6-5-8-7(10-6)3-2-4-9-8/h2-5,10H,1H3;2*2-5,9H,1H3;2-6H,1H3;2*2-5,10H,1H3. The Balaban J connectivity index is 0.000000109. The van der Waals surface area contributed by atoms with Gasteiger partial charge in [0.1, 0.15) is 0 Å². The van der Waals surface area contributed by atoms with Crippen LogP contribution in [0.5, 0.6) is 0 Å². The van der Waals surface area contributed by atoms with E-state index >= 15 is 0 Å². The second-order valence-corrected chi connectivity index (χ2v) is 14.2. The van der Waals surface area contributed by atoms with Gasteiger partial charge in [0, 0.05) is 80.4 Å². The number of H-pyrrole nitrogens is 5. The van der Waals surface area contributed by atoms with Crippen LogP contribution in [0.2, 0.25) is 0 Å². The zero-order chi connectivity index (χ0) is 41.8. The van der Waals surface area contributed by atoms with Crippen molar-refractivity contribution in [3.05, 3.63) is 181 Å². The first kappa shape index (κ1) is 40.3. The van der Waals surface area contributed by atoms with Crippen LogP contribution in [0.15, 0.2) is 153 Å². The maximum Gasteiger partial charge on any atom is 0.0907 e. The van der Waals surface area contributed by atoms with Crippen molar-refractivity contribution in [1.82, 2.24) is 59.4 Å². The van der Waals surface area contributed by atoms with Crippen LogP contribution in [0, 0.1) is 34.6 Å². The largest absolute Gasteiger partial charge is 0.360 e. The van der Waals surface area contributed by atoms with Gasteiger partial charge >= 0.3 is 0 Å². The summed E-state index contributed by atoms with van der Waals surface area (Å²) in [5.41, 5.74) is 18.9. The van der Waals surface area contributed by atoms with E-state index in [9.17, 15) is 0 Å². The molecule has 12 rings (SSSR count). The molecule has 0 radical (unpaired) electrons. The van der Waals surface area contributed by atoms with Gasteiger partial charge in [-0.05, 0) is 142 Å². The highest BCUT2D eigenvalue weighted by Crippen LogP contribution is 2.14. The van der Waals surface area contributed by atoms with Crippen LogP contribution >= 0.6 is 0 Å². The Kier molecular flexibility index (Phi) is 12.8. The number of hydrogen-bond acceptors (Lipinski definition) is 6. The molecule has 12 nitrogen and oxygen atoms in total. The third kappa shape index (κ3) is 10.2. The summed E-state index contributed by atoms with van der Waals surface area (Å²) >= 11 is 0. The van der Waals surface area contributed by atoms with Crippen LogP contribution in [0.1, 0.15) is 28.1 Å². The molecular formula is C48H48N12. The second-order valence-electron chi connectivity index (χ2n) is 14.2. The number of hydrogen-bond donors (Lipinski definition) is 5. The highest BCUT2D eigenvalue weighted by molar-refractivity contribution is 5.79. The van der Waals surface area contributed by atoms with Crippen LogP contribution in [0.3, 0.4) is 0 Å². The predicted molar refractivity (Wildman–Crippen MR) is 245 cm³/mol. The maximum atomic E-state index is 4.30. The zero-order valence-corrected chi connectivity index (χ0v) is 34.6. The summed E-state index contributed by atoms with van der Waals surface area (Å²) in [7, 11) is 2.02. The van der Waals surface area contributed by atoms with Gasteiger partial charge in [-0.3, -0.25) is 29.9 Å². The third-order valence-electron chi connectivity index (χ3n) is 9.54. The molecule has 12 heterocycles. The molecule has 0 saturated carbocycles. The monoisotopic (exact) mass is 792 g/mol. The lowest BCUT2D eigenvalue weighted by Gasteiger charge is -1.91. The van der Waals surface area contributed by atoms with Gasteiger partial charge in [-0.1, -0.05) is 0 Å². The topological polar surface area (TPSA) is 161 Å². The SMILES string of the molecule is Cc1c[nH]c2cccnc12.Cc1cc2ncccc2[nH]1.Cc1ccc2[nH]ccc2n1.Cc1ccnc2cc[nH]c12.Cc1cnc2cc[nH]c2c1.Cn1ccc2ncccc21. The summed E-state index contributed by atoms with van der Waals surface area (Å²) in [6, 6.07) is 30.0. The maximum absolute atomic E-state index is 4.30. The minimum atomic E-state index is 1.03. The normalized spacial score (nSPS) is 10.5. The lowest BCUT2D eigenvalue weighted by molar-refractivity contribution is 0.968. The Labute approximate surface area is 347 Å². The number of pyridine rings is 6. The van der Waals surface area contributed by atoms with Crippen LogP contribution in [-0.2, 0) is 7.05 Å². The van der Waals surface area contributed by atoms with E-state index in [0.717, 1.165) is 72.1 Å². The van der Waals surface area contributed by atoms with Gasteiger partial charge in [0.15, 0.2) is 0 Å². The lowest BCUT2D eigenvalue weighted by Crippen LogP contribution is -1.82. The molecule has 0 aliphatic rings. The van der Waals surface area contributed by atoms with Crippen molar-refractivity contribution < 1.29 is 0 Å². The minimum Gasteiger partial charge on any atom is -0.360 e. The summed E-state index contributed by atoms with van der Waals surface area (Å²) in [6.07, 6.45) is 18.8. The molecule has 12 heteroatoms. The molecule has 0 unspecified atom stereocenters. The van der Waals surface area contributed by atoms with Crippen molar-refractivity contribution >= 4 is 66.2 Å². The second kappa shape index (κ2) is 19.1. The molecule has 12 aromatic rings. The fraction of sp³-hybridized carbons (Fsp3) is 0.125. The Hall–Kier alpha value is -7.86. The average Bonchev–Trinajstić information content (AvgIpc) is 4.13. The quantitative estimate of drug-likeness (QED) is 0.103. The van der Waals surface area contributed by atoms with Gasteiger partial charge in [-0.25, -0.2) is 0 Å². The molecule has 0 atom stereocenters. The summed E-state index contributed by atoms with van der Waals surface area (Å²) < 4.78 is 2.06. The van der Waals surface area contributed by atoms with Gasteiger partial charge in [-0.15, -0.1) is 0 Å². The molecule has 60 heavy (non-hydrogen) atoms. The molecule has 0 aliphatic heterocycles. The summed E-state index contributed by atoms with van der Waals surface area (Å²) in [5, 5.41) is 0. The Morgan fingerprint density at radius 2 is 1.20 bits per heavy atom. The van der Waals surface area contributed by atoms with Crippen LogP contribution in [-0.4, -0.2) is 59.4 Å². The van der Waals surface area contributed by atoms with E-state index in [4.69, 9.17) is 0 Å². The summed E-state index contributed by atoms with van der Waals surface area (Å²) in [6.45, 7) is 10.2. The predicted octanol–water partition coefficient (Wildman–Crippen LogP) is 10.9. The average molecular weight is 793 g/mol. The van der Waals surface area contributed by atoms with E-state index in [1.54, 1.807) is 6.20 Å². The van der Waals surface area contributed by atoms with E-state index in [0.29, 0.717) is 0 Å². The van der Waals surface area contributed by atoms with Gasteiger partial charge in [0.2, 0.25) is 0 Å². The van der Waals surface area contributed by atoms with Gasteiger partial charge < -0.3 is 29.5 Å². The van der Waals surface area contributed by atoms with Gasteiger partial charge in [0.25, 0.3) is 0 Å². The number of nitrogens with one attached hydrogen (secondary N) is 5. The first-order chi connectivity index (χ1) is 29.2. The van der Waals surface area contributed by atoms with Crippen molar-refractivity contribution in [3.63, 3.8) is 0 Å². The van der Waals surface area contributed by atoms with Crippen molar-refractivity contribution in [2.24, 2.45) is 7.05 Å². The van der Waals surface area contributed by atoms with Crippen molar-refractivity contribution in [2.75, 3.05) is 0 Å². The summed E-state index contributed by atoms with van der Waals surface area (Å²) in [5.74, 6) is 0. The molecule has 0 aromatic carbocycles. The number of nitrogens with zero attached hydrogens (tertiary/aromatic N) is 7. The molecule has 0 amide bonds. The van der Waals surface area contributed by atoms with Crippen LogP contribution < -0.4 is 0 Å².